The number of ether oxygens (including phenoxy) is 3. The van der Waals surface area contributed by atoms with Crippen LogP contribution in [0.4, 0.5) is 0 Å². The third-order valence-electron chi connectivity index (χ3n) is 9.05. The minimum Gasteiger partial charge on any atom is -0.454 e. The van der Waals surface area contributed by atoms with Crippen LogP contribution in [0.25, 0.3) is 0 Å². The Morgan fingerprint density at radius 3 is 2.86 bits per heavy atom. The zero-order valence-corrected chi connectivity index (χ0v) is 20.7. The topological polar surface area (TPSA) is 97.3 Å². The SMILES string of the molecule is C[C@]12CCC3c4ccc(B(O)O)cc4CCC3C1[C@H](CCC(=O)NCc1ccc3c(c1)OCO3)CO2. The fourth-order valence-corrected chi connectivity index (χ4v) is 7.32. The molecular weight excluding hydrogens is 457 g/mol. The van der Waals surface area contributed by atoms with E-state index in [9.17, 15) is 14.8 Å². The standard InChI is InChI=1S/C28H34BNO6/c1-28-11-10-22-21-7-5-20(29(32)33)13-18(21)3-6-23(22)27(28)19(15-36-28)4-9-26(31)30-14-17-2-8-24-25(12-17)35-16-34-24/h2,5,7-8,12-13,19,22-23,27,32-33H,3-4,6,9-11,14-16H2,1H3,(H,30,31)/t19-,22?,23?,27?,28+/m1/s1. The van der Waals surface area contributed by atoms with Crippen molar-refractivity contribution in [3.63, 3.8) is 0 Å². The van der Waals surface area contributed by atoms with E-state index in [1.54, 1.807) is 0 Å². The average Bonchev–Trinajstić information content (AvgIpc) is 3.49. The molecule has 36 heavy (non-hydrogen) atoms. The van der Waals surface area contributed by atoms with Gasteiger partial charge in [-0.2, -0.15) is 0 Å². The first-order valence-electron chi connectivity index (χ1n) is 13.2. The first kappa shape index (κ1) is 23.8. The molecule has 2 heterocycles. The fourth-order valence-electron chi connectivity index (χ4n) is 7.32. The first-order valence-corrected chi connectivity index (χ1v) is 13.2. The summed E-state index contributed by atoms with van der Waals surface area (Å²) >= 11 is 0. The molecule has 2 aliphatic heterocycles. The van der Waals surface area contributed by atoms with Gasteiger partial charge in [-0.1, -0.05) is 24.3 Å². The molecule has 7 nitrogen and oxygen atoms in total. The molecule has 1 amide bonds. The zero-order chi connectivity index (χ0) is 24.9. The molecule has 0 bridgehead atoms. The molecule has 1 saturated heterocycles. The van der Waals surface area contributed by atoms with E-state index in [-0.39, 0.29) is 18.3 Å². The molecule has 6 rings (SSSR count). The zero-order valence-electron chi connectivity index (χ0n) is 20.7. The number of nitrogens with one attached hydrogen (secondary N) is 1. The van der Waals surface area contributed by atoms with Crippen molar-refractivity contribution in [1.82, 2.24) is 5.32 Å². The molecule has 1 saturated carbocycles. The van der Waals surface area contributed by atoms with Crippen LogP contribution in [0.2, 0.25) is 0 Å². The van der Waals surface area contributed by atoms with Crippen molar-refractivity contribution in [3.05, 3.63) is 53.1 Å². The number of benzene rings is 2. The molecule has 190 valence electrons. The van der Waals surface area contributed by atoms with Gasteiger partial charge >= 0.3 is 7.12 Å². The van der Waals surface area contributed by atoms with Gasteiger partial charge in [0.2, 0.25) is 12.7 Å². The Bertz CT molecular complexity index is 1150. The van der Waals surface area contributed by atoms with Crippen molar-refractivity contribution in [1.29, 1.82) is 0 Å². The normalized spacial score (nSPS) is 29.8. The van der Waals surface area contributed by atoms with Gasteiger partial charge in [-0.3, -0.25) is 4.79 Å². The lowest BCUT2D eigenvalue weighted by Gasteiger charge is -2.49. The van der Waals surface area contributed by atoms with Crippen molar-refractivity contribution in [3.8, 4) is 11.5 Å². The van der Waals surface area contributed by atoms with Crippen molar-refractivity contribution in [2.75, 3.05) is 13.4 Å². The lowest BCUT2D eigenvalue weighted by atomic mass is 9.56. The summed E-state index contributed by atoms with van der Waals surface area (Å²) in [5, 5.41) is 22.2. The molecule has 0 aromatic heterocycles. The summed E-state index contributed by atoms with van der Waals surface area (Å²) < 4.78 is 17.2. The number of hydrogen-bond donors (Lipinski definition) is 3. The molecule has 2 aliphatic carbocycles. The minimum absolute atomic E-state index is 0.0673. The average molecular weight is 491 g/mol. The Labute approximate surface area is 212 Å². The Morgan fingerprint density at radius 1 is 1.14 bits per heavy atom. The third-order valence-corrected chi connectivity index (χ3v) is 9.05. The van der Waals surface area contributed by atoms with E-state index in [0.717, 1.165) is 55.8 Å². The number of fused-ring (bicyclic) bond motifs is 6. The van der Waals surface area contributed by atoms with E-state index in [0.29, 0.717) is 42.1 Å². The van der Waals surface area contributed by atoms with Crippen LogP contribution in [0.15, 0.2) is 36.4 Å². The van der Waals surface area contributed by atoms with Gasteiger partial charge in [-0.15, -0.1) is 0 Å². The van der Waals surface area contributed by atoms with Crippen LogP contribution in [-0.2, 0) is 22.5 Å². The molecule has 0 spiro atoms. The molecule has 8 heteroatoms. The molecule has 2 aromatic carbocycles. The highest BCUT2D eigenvalue weighted by Gasteiger charge is 2.55. The van der Waals surface area contributed by atoms with E-state index in [2.05, 4.69) is 18.3 Å². The molecule has 3 N–H and O–H groups in total. The summed E-state index contributed by atoms with van der Waals surface area (Å²) in [6.45, 7) is 3.72. The van der Waals surface area contributed by atoms with Crippen LogP contribution >= 0.6 is 0 Å². The lowest BCUT2D eigenvalue weighted by Crippen LogP contribution is -2.47. The first-order chi connectivity index (χ1) is 17.4. The van der Waals surface area contributed by atoms with Gasteiger partial charge in [0.1, 0.15) is 0 Å². The predicted octanol–water partition coefficient (Wildman–Crippen LogP) is 2.65. The molecule has 3 unspecified atom stereocenters. The summed E-state index contributed by atoms with van der Waals surface area (Å²) in [6.07, 6.45) is 5.48. The highest BCUT2D eigenvalue weighted by Crippen LogP contribution is 2.58. The van der Waals surface area contributed by atoms with Gasteiger partial charge in [-0.25, -0.2) is 0 Å². The van der Waals surface area contributed by atoms with Crippen LogP contribution < -0.4 is 20.3 Å². The second-order valence-electron chi connectivity index (χ2n) is 11.1. The third kappa shape index (κ3) is 4.29. The van der Waals surface area contributed by atoms with Crippen molar-refractivity contribution < 1.29 is 29.1 Å². The Balaban J connectivity index is 1.10. The van der Waals surface area contributed by atoms with E-state index >= 15 is 0 Å². The predicted molar refractivity (Wildman–Crippen MR) is 135 cm³/mol. The maximum Gasteiger partial charge on any atom is 0.488 e. The van der Waals surface area contributed by atoms with Crippen LogP contribution in [-0.4, -0.2) is 42.1 Å². The van der Waals surface area contributed by atoms with Gasteiger partial charge in [0, 0.05) is 13.0 Å². The van der Waals surface area contributed by atoms with Gasteiger partial charge in [-0.05, 0) is 97.0 Å². The van der Waals surface area contributed by atoms with Crippen LogP contribution in [0.5, 0.6) is 11.5 Å². The van der Waals surface area contributed by atoms with Gasteiger partial charge < -0.3 is 29.6 Å². The number of rotatable bonds is 6. The van der Waals surface area contributed by atoms with E-state index in [1.165, 1.54) is 11.1 Å². The van der Waals surface area contributed by atoms with E-state index in [4.69, 9.17) is 14.2 Å². The second kappa shape index (κ2) is 9.40. The van der Waals surface area contributed by atoms with Gasteiger partial charge in [0.05, 0.1) is 12.2 Å². The van der Waals surface area contributed by atoms with Gasteiger partial charge in [0.15, 0.2) is 11.5 Å². The van der Waals surface area contributed by atoms with Crippen LogP contribution in [0, 0.1) is 17.8 Å². The summed E-state index contributed by atoms with van der Waals surface area (Å²) in [5.74, 6) is 3.36. The number of aryl methyl sites for hydroxylation is 1. The molecule has 2 fully saturated rings. The summed E-state index contributed by atoms with van der Waals surface area (Å²) in [4.78, 5) is 12.7. The second-order valence-corrected chi connectivity index (χ2v) is 11.1. The van der Waals surface area contributed by atoms with E-state index < -0.39 is 7.12 Å². The highest BCUT2D eigenvalue weighted by atomic mass is 16.7. The van der Waals surface area contributed by atoms with Crippen LogP contribution in [0.3, 0.4) is 0 Å². The van der Waals surface area contributed by atoms with Crippen LogP contribution in [0.1, 0.15) is 61.6 Å². The Morgan fingerprint density at radius 2 is 2.00 bits per heavy atom. The highest BCUT2D eigenvalue weighted by molar-refractivity contribution is 6.58. The number of hydrogen-bond acceptors (Lipinski definition) is 6. The summed E-state index contributed by atoms with van der Waals surface area (Å²) in [7, 11) is -1.42. The summed E-state index contributed by atoms with van der Waals surface area (Å²) in [6, 6.07) is 11.7. The molecule has 4 aliphatic rings. The largest absolute Gasteiger partial charge is 0.488 e. The number of carbonyl (C=O) groups excluding carboxylic acids is 1. The van der Waals surface area contributed by atoms with Crippen molar-refractivity contribution in [2.45, 2.75) is 63.5 Å². The molecule has 2 aromatic rings. The maximum atomic E-state index is 12.7. The number of amides is 1. The molecular formula is C28H34BNO6. The summed E-state index contributed by atoms with van der Waals surface area (Å²) in [5.41, 5.74) is 4.07. The number of carbonyl (C=O) groups is 1. The monoisotopic (exact) mass is 491 g/mol. The minimum atomic E-state index is -1.42. The lowest BCUT2D eigenvalue weighted by molar-refractivity contribution is -0.121. The quantitative estimate of drug-likeness (QED) is 0.538. The fraction of sp³-hybridized carbons (Fsp3) is 0.536. The molecule has 0 radical (unpaired) electrons. The van der Waals surface area contributed by atoms with E-state index in [1.807, 2.05) is 30.3 Å². The van der Waals surface area contributed by atoms with Gasteiger partial charge in [0.25, 0.3) is 0 Å². The maximum absolute atomic E-state index is 12.7. The van der Waals surface area contributed by atoms with Crippen molar-refractivity contribution in [2.24, 2.45) is 17.8 Å². The Kier molecular flexibility index (Phi) is 6.22. The molecule has 5 atom stereocenters. The van der Waals surface area contributed by atoms with Crippen molar-refractivity contribution >= 4 is 18.5 Å². The Hall–Kier alpha value is -2.55. The smallest absolute Gasteiger partial charge is 0.454 e.